The molecule has 0 radical (unpaired) electrons. The summed E-state index contributed by atoms with van der Waals surface area (Å²) in [7, 11) is 0. The molecule has 1 fully saturated rings. The molecule has 0 bridgehead atoms. The van der Waals surface area contributed by atoms with Crippen LogP contribution in [0.5, 0.6) is 0 Å². The molecule has 0 aromatic heterocycles. The Kier molecular flexibility index (Phi) is 4.85. The molecule has 1 nitrogen and oxygen atoms in total. The van der Waals surface area contributed by atoms with Gasteiger partial charge < -0.3 is 5.73 Å². The Balaban J connectivity index is 2.11. The molecule has 0 heterocycles. The molecule has 1 aliphatic carbocycles. The van der Waals surface area contributed by atoms with Crippen molar-refractivity contribution in [1.29, 1.82) is 0 Å². The molecule has 0 spiro atoms. The molecule has 0 saturated heterocycles. The van der Waals surface area contributed by atoms with Gasteiger partial charge >= 0.3 is 0 Å². The highest BCUT2D eigenvalue weighted by Gasteiger charge is 2.35. The normalized spacial score (nSPS) is 27.0. The smallest absolute Gasteiger partial charge is 0.123 e. The number of rotatable bonds is 4. The third-order valence-electron chi connectivity index (χ3n) is 5.34. The number of nitrogens with two attached hydrogens (primary N) is 1. The van der Waals surface area contributed by atoms with Gasteiger partial charge in [0.1, 0.15) is 5.82 Å². The molecule has 2 N–H and O–H groups in total. The minimum absolute atomic E-state index is 0.131. The van der Waals surface area contributed by atoms with Crippen LogP contribution in [0, 0.1) is 30.0 Å². The maximum Gasteiger partial charge on any atom is 0.123 e. The monoisotopic (exact) mass is 277 g/mol. The molecule has 1 aromatic rings. The lowest BCUT2D eigenvalue weighted by Crippen LogP contribution is -2.37. The number of hydrogen-bond acceptors (Lipinski definition) is 1. The van der Waals surface area contributed by atoms with Crippen LogP contribution < -0.4 is 5.73 Å². The molecule has 0 aliphatic heterocycles. The number of halogens is 1. The van der Waals surface area contributed by atoms with Gasteiger partial charge in [-0.3, -0.25) is 0 Å². The van der Waals surface area contributed by atoms with Crippen molar-refractivity contribution in [2.24, 2.45) is 23.0 Å². The molecule has 112 valence electrons. The number of benzene rings is 1. The zero-order valence-corrected chi connectivity index (χ0v) is 13.1. The highest BCUT2D eigenvalue weighted by molar-refractivity contribution is 5.28. The Morgan fingerprint density at radius 1 is 1.30 bits per heavy atom. The average molecular weight is 277 g/mol. The molecule has 0 amide bonds. The zero-order chi connectivity index (χ0) is 14.8. The predicted octanol–water partition coefficient (Wildman–Crippen LogP) is 4.47. The molecule has 1 aliphatic rings. The largest absolute Gasteiger partial charge is 0.330 e. The van der Waals surface area contributed by atoms with Crippen molar-refractivity contribution in [2.45, 2.75) is 52.9 Å². The second-order valence-electron chi connectivity index (χ2n) is 7.03. The van der Waals surface area contributed by atoms with Gasteiger partial charge in [0.2, 0.25) is 0 Å². The second-order valence-corrected chi connectivity index (χ2v) is 7.03. The Morgan fingerprint density at radius 3 is 2.50 bits per heavy atom. The molecular formula is C18H28FN. The van der Waals surface area contributed by atoms with Crippen molar-refractivity contribution in [3.63, 3.8) is 0 Å². The highest BCUT2D eigenvalue weighted by Crippen LogP contribution is 2.43. The van der Waals surface area contributed by atoms with Crippen LogP contribution in [0.25, 0.3) is 0 Å². The minimum Gasteiger partial charge on any atom is -0.330 e. The molecule has 20 heavy (non-hydrogen) atoms. The van der Waals surface area contributed by atoms with E-state index in [4.69, 9.17) is 5.73 Å². The lowest BCUT2D eigenvalue weighted by atomic mass is 9.65. The fourth-order valence-corrected chi connectivity index (χ4v) is 3.61. The maximum absolute atomic E-state index is 13.5. The van der Waals surface area contributed by atoms with Crippen molar-refractivity contribution in [1.82, 2.24) is 0 Å². The average Bonchev–Trinajstić information content (AvgIpc) is 2.43. The summed E-state index contributed by atoms with van der Waals surface area (Å²) in [6, 6.07) is 5.12. The van der Waals surface area contributed by atoms with Gasteiger partial charge in [0.05, 0.1) is 0 Å². The van der Waals surface area contributed by atoms with E-state index in [0.29, 0.717) is 6.54 Å². The van der Waals surface area contributed by atoms with Gasteiger partial charge in [-0.05, 0) is 86.1 Å². The first-order valence-electron chi connectivity index (χ1n) is 7.91. The summed E-state index contributed by atoms with van der Waals surface area (Å²) in [6.45, 7) is 7.42. The van der Waals surface area contributed by atoms with Crippen molar-refractivity contribution < 1.29 is 4.39 Å². The Labute approximate surface area is 122 Å². The first-order chi connectivity index (χ1) is 9.46. The van der Waals surface area contributed by atoms with Crippen LogP contribution in [0.1, 0.15) is 50.7 Å². The minimum atomic E-state index is -0.131. The van der Waals surface area contributed by atoms with E-state index in [2.05, 4.69) is 20.8 Å². The van der Waals surface area contributed by atoms with Crippen LogP contribution in [0.3, 0.4) is 0 Å². The van der Waals surface area contributed by atoms with Gasteiger partial charge in [-0.1, -0.05) is 19.9 Å². The van der Waals surface area contributed by atoms with Gasteiger partial charge in [0, 0.05) is 0 Å². The maximum atomic E-state index is 13.5. The van der Waals surface area contributed by atoms with Crippen LogP contribution in [0.15, 0.2) is 18.2 Å². The summed E-state index contributed by atoms with van der Waals surface area (Å²) in [4.78, 5) is 0. The first kappa shape index (κ1) is 15.5. The highest BCUT2D eigenvalue weighted by atomic mass is 19.1. The van der Waals surface area contributed by atoms with E-state index in [9.17, 15) is 4.39 Å². The third-order valence-corrected chi connectivity index (χ3v) is 5.34. The van der Waals surface area contributed by atoms with Crippen molar-refractivity contribution in [3.05, 3.63) is 35.1 Å². The molecule has 1 aromatic carbocycles. The molecule has 2 heteroatoms. The van der Waals surface area contributed by atoms with Crippen LogP contribution in [0.4, 0.5) is 4.39 Å². The lowest BCUT2D eigenvalue weighted by molar-refractivity contribution is 0.132. The summed E-state index contributed by atoms with van der Waals surface area (Å²) in [5.41, 5.74) is 8.61. The summed E-state index contributed by atoms with van der Waals surface area (Å²) in [5.74, 6) is 1.47. The Morgan fingerprint density at radius 2 is 1.95 bits per heavy atom. The molecule has 0 atom stereocenters. The Bertz CT molecular complexity index is 445. The molecule has 0 unspecified atom stereocenters. The van der Waals surface area contributed by atoms with Gasteiger partial charge in [-0.25, -0.2) is 4.39 Å². The summed E-state index contributed by atoms with van der Waals surface area (Å²) in [5, 5.41) is 0. The fourth-order valence-electron chi connectivity index (χ4n) is 3.61. The van der Waals surface area contributed by atoms with E-state index in [1.165, 1.54) is 31.2 Å². The summed E-state index contributed by atoms with van der Waals surface area (Å²) in [6.07, 6.45) is 5.83. The van der Waals surface area contributed by atoms with Gasteiger partial charge in [-0.2, -0.15) is 0 Å². The quantitative estimate of drug-likeness (QED) is 0.863. The fraction of sp³-hybridized carbons (Fsp3) is 0.667. The SMILES string of the molecule is Cc1ccc(F)cc1CC1(CN)CCC(C(C)C)CC1. The van der Waals surface area contributed by atoms with Crippen LogP contribution in [-0.2, 0) is 6.42 Å². The van der Waals surface area contributed by atoms with Crippen molar-refractivity contribution >= 4 is 0 Å². The number of aryl methyl sites for hydroxylation is 1. The van der Waals surface area contributed by atoms with E-state index in [0.717, 1.165) is 23.8 Å². The Hall–Kier alpha value is -0.890. The second kappa shape index (κ2) is 6.26. The zero-order valence-electron chi connectivity index (χ0n) is 13.1. The van der Waals surface area contributed by atoms with Gasteiger partial charge in [0.25, 0.3) is 0 Å². The topological polar surface area (TPSA) is 26.0 Å². The van der Waals surface area contributed by atoms with E-state index in [1.807, 2.05) is 6.07 Å². The predicted molar refractivity (Wildman–Crippen MR) is 83.1 cm³/mol. The third kappa shape index (κ3) is 3.41. The van der Waals surface area contributed by atoms with E-state index < -0.39 is 0 Å². The van der Waals surface area contributed by atoms with Crippen LogP contribution in [-0.4, -0.2) is 6.54 Å². The van der Waals surface area contributed by atoms with Crippen LogP contribution >= 0.6 is 0 Å². The van der Waals surface area contributed by atoms with E-state index in [1.54, 1.807) is 12.1 Å². The molecule has 1 saturated carbocycles. The number of hydrogen-bond donors (Lipinski definition) is 1. The molecule has 2 rings (SSSR count). The summed E-state index contributed by atoms with van der Waals surface area (Å²) < 4.78 is 13.5. The van der Waals surface area contributed by atoms with Crippen molar-refractivity contribution in [2.75, 3.05) is 6.54 Å². The van der Waals surface area contributed by atoms with Crippen molar-refractivity contribution in [3.8, 4) is 0 Å². The molecular weight excluding hydrogens is 249 g/mol. The van der Waals surface area contributed by atoms with E-state index >= 15 is 0 Å². The van der Waals surface area contributed by atoms with E-state index in [-0.39, 0.29) is 11.2 Å². The van der Waals surface area contributed by atoms with Gasteiger partial charge in [-0.15, -0.1) is 0 Å². The van der Waals surface area contributed by atoms with Gasteiger partial charge in [0.15, 0.2) is 0 Å². The standard InChI is InChI=1S/C18H28FN/c1-13(2)15-6-8-18(12-20,9-7-15)11-16-10-17(19)5-4-14(16)3/h4-5,10,13,15H,6-9,11-12,20H2,1-3H3. The summed E-state index contributed by atoms with van der Waals surface area (Å²) >= 11 is 0. The van der Waals surface area contributed by atoms with Crippen LogP contribution in [0.2, 0.25) is 0 Å². The first-order valence-corrected chi connectivity index (χ1v) is 7.91. The lowest BCUT2D eigenvalue weighted by Gasteiger charge is -2.41.